The van der Waals surface area contributed by atoms with Crippen LogP contribution in [0.3, 0.4) is 0 Å². The van der Waals surface area contributed by atoms with Crippen LogP contribution < -0.4 is 0 Å². The SMILES string of the molecule is CCCCC.CCOC.CCOC(=O)C(C(=N)C(F)(F)F)=C(CC)CC. The first-order valence-electron chi connectivity index (χ1n) is 9.16. The fourth-order valence-corrected chi connectivity index (χ4v) is 1.73. The van der Waals surface area contributed by atoms with Crippen molar-refractivity contribution < 1.29 is 27.4 Å². The van der Waals surface area contributed by atoms with Gasteiger partial charge in [0, 0.05) is 13.7 Å². The van der Waals surface area contributed by atoms with Gasteiger partial charge in [-0.2, -0.15) is 13.2 Å². The van der Waals surface area contributed by atoms with E-state index in [0.29, 0.717) is 0 Å². The zero-order valence-corrected chi connectivity index (χ0v) is 17.3. The zero-order chi connectivity index (χ0) is 21.2. The van der Waals surface area contributed by atoms with Crippen LogP contribution in [0.5, 0.6) is 0 Å². The van der Waals surface area contributed by atoms with E-state index in [1.54, 1.807) is 21.0 Å². The maximum absolute atomic E-state index is 12.5. The van der Waals surface area contributed by atoms with Crippen LogP contribution in [0.25, 0.3) is 0 Å². The lowest BCUT2D eigenvalue weighted by Gasteiger charge is -2.15. The Kier molecular flexibility index (Phi) is 20.8. The van der Waals surface area contributed by atoms with Gasteiger partial charge in [-0.3, -0.25) is 5.41 Å². The second kappa shape index (κ2) is 18.4. The molecule has 0 unspecified atom stereocenters. The number of rotatable bonds is 8. The first-order valence-corrected chi connectivity index (χ1v) is 9.16. The number of ether oxygens (including phenoxy) is 2. The molecule has 0 aliphatic heterocycles. The average molecular weight is 383 g/mol. The number of methoxy groups -OCH3 is 1. The Morgan fingerprint density at radius 3 is 1.54 bits per heavy atom. The summed E-state index contributed by atoms with van der Waals surface area (Å²) in [5.74, 6) is -1.08. The summed E-state index contributed by atoms with van der Waals surface area (Å²) in [7, 11) is 1.68. The van der Waals surface area contributed by atoms with E-state index in [1.165, 1.54) is 26.2 Å². The van der Waals surface area contributed by atoms with Gasteiger partial charge in [-0.25, -0.2) is 4.79 Å². The van der Waals surface area contributed by atoms with Crippen molar-refractivity contribution in [3.8, 4) is 0 Å². The van der Waals surface area contributed by atoms with E-state index in [4.69, 9.17) is 5.41 Å². The highest BCUT2D eigenvalue weighted by Crippen LogP contribution is 2.26. The van der Waals surface area contributed by atoms with Crippen molar-refractivity contribution in [3.05, 3.63) is 11.1 Å². The number of hydrogen-bond acceptors (Lipinski definition) is 4. The van der Waals surface area contributed by atoms with Crippen LogP contribution in [0.15, 0.2) is 11.1 Å². The van der Waals surface area contributed by atoms with Crippen molar-refractivity contribution in [2.45, 2.75) is 79.8 Å². The third-order valence-corrected chi connectivity index (χ3v) is 3.22. The number of alkyl halides is 3. The van der Waals surface area contributed by atoms with E-state index in [-0.39, 0.29) is 25.0 Å². The molecule has 4 nitrogen and oxygen atoms in total. The molecule has 0 atom stereocenters. The molecule has 0 radical (unpaired) electrons. The molecule has 0 saturated heterocycles. The maximum Gasteiger partial charge on any atom is 0.433 e. The first-order chi connectivity index (χ1) is 12.1. The number of carbonyl (C=O) groups is 1. The Morgan fingerprint density at radius 1 is 0.923 bits per heavy atom. The maximum atomic E-state index is 12.5. The Bertz CT molecular complexity index is 395. The summed E-state index contributed by atoms with van der Waals surface area (Å²) in [4.78, 5) is 11.5. The van der Waals surface area contributed by atoms with Crippen molar-refractivity contribution in [1.82, 2.24) is 0 Å². The second-order valence-corrected chi connectivity index (χ2v) is 5.21. The fraction of sp³-hybridized carbons (Fsp3) is 0.789. The Balaban J connectivity index is -0.000000484. The Labute approximate surface area is 156 Å². The minimum Gasteiger partial charge on any atom is -0.462 e. The molecule has 1 N–H and O–H groups in total. The average Bonchev–Trinajstić information content (AvgIpc) is 2.59. The predicted octanol–water partition coefficient (Wildman–Crippen LogP) is 6.10. The molecule has 0 aromatic heterocycles. The molecular weight excluding hydrogens is 347 g/mol. The molecule has 0 aromatic carbocycles. The van der Waals surface area contributed by atoms with E-state index in [1.807, 2.05) is 6.92 Å². The van der Waals surface area contributed by atoms with Gasteiger partial charge in [0.2, 0.25) is 0 Å². The number of allylic oxidation sites excluding steroid dienone is 1. The molecule has 7 heteroatoms. The fourth-order valence-electron chi connectivity index (χ4n) is 1.73. The summed E-state index contributed by atoms with van der Waals surface area (Å²) in [5, 5.41) is 7.06. The summed E-state index contributed by atoms with van der Waals surface area (Å²) >= 11 is 0. The summed E-state index contributed by atoms with van der Waals surface area (Å²) in [6.07, 6.45) is -0.198. The minimum absolute atomic E-state index is 0.0197. The highest BCUT2D eigenvalue weighted by Gasteiger charge is 2.40. The monoisotopic (exact) mass is 383 g/mol. The van der Waals surface area contributed by atoms with Gasteiger partial charge in [0.05, 0.1) is 12.2 Å². The van der Waals surface area contributed by atoms with Crippen molar-refractivity contribution >= 4 is 11.7 Å². The molecule has 0 aliphatic carbocycles. The lowest BCUT2D eigenvalue weighted by Crippen LogP contribution is -2.30. The molecule has 0 aliphatic rings. The highest BCUT2D eigenvalue weighted by atomic mass is 19.4. The molecule has 0 amide bonds. The van der Waals surface area contributed by atoms with E-state index in [9.17, 15) is 18.0 Å². The Morgan fingerprint density at radius 2 is 1.35 bits per heavy atom. The van der Waals surface area contributed by atoms with Crippen LogP contribution in [-0.2, 0) is 14.3 Å². The van der Waals surface area contributed by atoms with Gasteiger partial charge in [0.1, 0.15) is 0 Å². The van der Waals surface area contributed by atoms with Crippen LogP contribution in [0, 0.1) is 5.41 Å². The quantitative estimate of drug-likeness (QED) is 0.313. The van der Waals surface area contributed by atoms with Gasteiger partial charge in [0.15, 0.2) is 5.71 Å². The molecule has 0 aromatic rings. The van der Waals surface area contributed by atoms with Crippen LogP contribution in [0.2, 0.25) is 0 Å². The number of nitrogens with one attached hydrogen (secondary N) is 1. The predicted molar refractivity (Wildman–Crippen MR) is 101 cm³/mol. The van der Waals surface area contributed by atoms with Gasteiger partial charge in [-0.15, -0.1) is 0 Å². The lowest BCUT2D eigenvalue weighted by atomic mass is 9.99. The highest BCUT2D eigenvalue weighted by molar-refractivity contribution is 6.21. The number of hydrogen-bond donors (Lipinski definition) is 1. The van der Waals surface area contributed by atoms with Crippen LogP contribution in [-0.4, -0.2) is 38.2 Å². The van der Waals surface area contributed by atoms with Crippen molar-refractivity contribution in [2.24, 2.45) is 0 Å². The van der Waals surface area contributed by atoms with Crippen LogP contribution >= 0.6 is 0 Å². The smallest absolute Gasteiger partial charge is 0.433 e. The van der Waals surface area contributed by atoms with Gasteiger partial charge < -0.3 is 9.47 Å². The summed E-state index contributed by atoms with van der Waals surface area (Å²) in [6, 6.07) is 0. The number of esters is 1. The van der Waals surface area contributed by atoms with Crippen molar-refractivity contribution in [1.29, 1.82) is 5.41 Å². The summed E-state index contributed by atoms with van der Waals surface area (Å²) < 4.78 is 46.5. The van der Waals surface area contributed by atoms with E-state index >= 15 is 0 Å². The number of halogens is 3. The summed E-state index contributed by atoms with van der Waals surface area (Å²) in [6.45, 7) is 12.0. The lowest BCUT2D eigenvalue weighted by molar-refractivity contribution is -0.138. The standard InChI is InChI=1S/C11H16F3NO2.C5H12.C3H8O/c1-4-7(5-2)8(10(16)17-6-3)9(15)11(12,13)14;1-3-5-4-2;1-3-4-2/h15H,4-6H2,1-3H3;3-5H2,1-2H3;3H2,1-2H3. The third-order valence-electron chi connectivity index (χ3n) is 3.22. The van der Waals surface area contributed by atoms with E-state index in [0.717, 1.165) is 6.61 Å². The molecule has 0 rings (SSSR count). The molecule has 0 heterocycles. The first kappa shape index (κ1) is 29.4. The zero-order valence-electron chi connectivity index (χ0n) is 17.3. The Hall–Kier alpha value is -1.37. The molecule has 0 bridgehead atoms. The minimum atomic E-state index is -4.84. The van der Waals surface area contributed by atoms with Gasteiger partial charge in [-0.1, -0.05) is 52.5 Å². The van der Waals surface area contributed by atoms with Crippen molar-refractivity contribution in [2.75, 3.05) is 20.3 Å². The normalized spacial score (nSPS) is 9.92. The van der Waals surface area contributed by atoms with Crippen molar-refractivity contribution in [3.63, 3.8) is 0 Å². The molecule has 0 saturated carbocycles. The molecule has 26 heavy (non-hydrogen) atoms. The topological polar surface area (TPSA) is 59.4 Å². The largest absolute Gasteiger partial charge is 0.462 e. The summed E-state index contributed by atoms with van der Waals surface area (Å²) in [5.41, 5.74) is -2.00. The van der Waals surface area contributed by atoms with Crippen LogP contribution in [0.4, 0.5) is 13.2 Å². The van der Waals surface area contributed by atoms with Crippen LogP contribution in [0.1, 0.15) is 73.6 Å². The molecular formula is C19H36F3NO3. The van der Waals surface area contributed by atoms with E-state index in [2.05, 4.69) is 23.3 Å². The molecule has 156 valence electrons. The number of unbranched alkanes of at least 4 members (excludes halogenated alkanes) is 2. The van der Waals surface area contributed by atoms with E-state index < -0.39 is 23.4 Å². The molecule has 0 fully saturated rings. The van der Waals surface area contributed by atoms with Gasteiger partial charge in [-0.05, 0) is 26.7 Å². The van der Waals surface area contributed by atoms with Gasteiger partial charge >= 0.3 is 12.1 Å². The number of carbonyl (C=O) groups excluding carboxylic acids is 1. The second-order valence-electron chi connectivity index (χ2n) is 5.21. The molecule has 0 spiro atoms. The third kappa shape index (κ3) is 14.9. The van der Waals surface area contributed by atoms with Gasteiger partial charge in [0.25, 0.3) is 0 Å².